The minimum absolute atomic E-state index is 0.0765. The lowest BCUT2D eigenvalue weighted by atomic mass is 10.1. The van der Waals surface area contributed by atoms with Crippen molar-refractivity contribution in [1.29, 1.82) is 0 Å². The largest absolute Gasteiger partial charge is 0.297 e. The summed E-state index contributed by atoms with van der Waals surface area (Å²) in [5.41, 5.74) is 2.11. The van der Waals surface area contributed by atoms with Crippen molar-refractivity contribution >= 4 is 29.5 Å². The Hall–Kier alpha value is -2.47. The second kappa shape index (κ2) is 9.56. The van der Waals surface area contributed by atoms with Crippen molar-refractivity contribution in [3.05, 3.63) is 76.8 Å². The zero-order chi connectivity index (χ0) is 20.9. The molecule has 5 nitrogen and oxygen atoms in total. The van der Waals surface area contributed by atoms with Gasteiger partial charge in [-0.05, 0) is 23.3 Å². The average Bonchev–Trinajstić information content (AvgIpc) is 3.05. The first-order valence-electron chi connectivity index (χ1n) is 10.4. The van der Waals surface area contributed by atoms with Gasteiger partial charge in [0, 0.05) is 37.7 Å². The lowest BCUT2D eigenvalue weighted by Gasteiger charge is -2.36. The monoisotopic (exact) mass is 423 g/mol. The number of piperazine rings is 1. The quantitative estimate of drug-likeness (QED) is 0.669. The first-order valence-corrected chi connectivity index (χ1v) is 10.7. The van der Waals surface area contributed by atoms with E-state index in [1.54, 1.807) is 12.1 Å². The maximum Gasteiger partial charge on any atom is 0.247 e. The average molecular weight is 424 g/mol. The van der Waals surface area contributed by atoms with Gasteiger partial charge in [-0.3, -0.25) is 24.3 Å². The second-order valence-electron chi connectivity index (χ2n) is 7.81. The van der Waals surface area contributed by atoms with Crippen molar-refractivity contribution in [3.63, 3.8) is 0 Å². The van der Waals surface area contributed by atoms with E-state index in [-0.39, 0.29) is 24.3 Å². The van der Waals surface area contributed by atoms with Gasteiger partial charge >= 0.3 is 0 Å². The third kappa shape index (κ3) is 4.98. The zero-order valence-electron chi connectivity index (χ0n) is 16.9. The van der Waals surface area contributed by atoms with Gasteiger partial charge in [0.25, 0.3) is 0 Å². The van der Waals surface area contributed by atoms with E-state index in [0.29, 0.717) is 11.6 Å². The summed E-state index contributed by atoms with van der Waals surface area (Å²) in [5, 5.41) is 0.646. The van der Waals surface area contributed by atoms with Gasteiger partial charge in [-0.1, -0.05) is 66.2 Å². The van der Waals surface area contributed by atoms with Crippen LogP contribution in [-0.4, -0.2) is 65.3 Å². The van der Waals surface area contributed by atoms with Crippen LogP contribution >= 0.6 is 11.6 Å². The van der Waals surface area contributed by atoms with E-state index >= 15 is 0 Å². The first kappa shape index (κ1) is 20.8. The molecule has 2 saturated heterocycles. The van der Waals surface area contributed by atoms with Crippen LogP contribution in [-0.2, 0) is 16.1 Å². The molecule has 6 heteroatoms. The fourth-order valence-electron chi connectivity index (χ4n) is 4.05. The van der Waals surface area contributed by atoms with Crippen molar-refractivity contribution in [1.82, 2.24) is 14.7 Å². The lowest BCUT2D eigenvalue weighted by molar-refractivity contribution is -0.140. The number of nitrogens with zero attached hydrogens (tertiary/aromatic N) is 3. The molecule has 2 aromatic carbocycles. The standard InChI is InChI=1S/C24H26ClN3O2/c25-21-10-8-20(9-11-21)18-28-23(29)17-22(24(28)30)27-15-13-26(14-16-27)12-4-7-19-5-2-1-3-6-19/h1-11,22H,12-18H2/b7-4+/t22-/m1/s1. The van der Waals surface area contributed by atoms with Crippen LogP contribution < -0.4 is 0 Å². The third-order valence-corrected chi connectivity index (χ3v) is 6.05. The highest BCUT2D eigenvalue weighted by atomic mass is 35.5. The summed E-state index contributed by atoms with van der Waals surface area (Å²) in [6.07, 6.45) is 4.60. The predicted molar refractivity (Wildman–Crippen MR) is 119 cm³/mol. The Bertz CT molecular complexity index is 906. The van der Waals surface area contributed by atoms with Crippen LogP contribution in [0.25, 0.3) is 6.08 Å². The molecule has 0 radical (unpaired) electrons. The number of likely N-dealkylation sites (tertiary alicyclic amines) is 1. The summed E-state index contributed by atoms with van der Waals surface area (Å²) < 4.78 is 0. The fourth-order valence-corrected chi connectivity index (χ4v) is 4.18. The van der Waals surface area contributed by atoms with Crippen LogP contribution in [0.3, 0.4) is 0 Å². The molecule has 0 saturated carbocycles. The minimum Gasteiger partial charge on any atom is -0.297 e. The normalized spacial score (nSPS) is 21.1. The van der Waals surface area contributed by atoms with Gasteiger partial charge in [-0.2, -0.15) is 0 Å². The van der Waals surface area contributed by atoms with E-state index in [1.165, 1.54) is 10.5 Å². The van der Waals surface area contributed by atoms with Gasteiger partial charge in [-0.25, -0.2) is 0 Å². The van der Waals surface area contributed by atoms with E-state index in [2.05, 4.69) is 34.1 Å². The number of hydrogen-bond acceptors (Lipinski definition) is 4. The van der Waals surface area contributed by atoms with Crippen LogP contribution in [0.4, 0.5) is 0 Å². The third-order valence-electron chi connectivity index (χ3n) is 5.80. The summed E-state index contributed by atoms with van der Waals surface area (Å²) in [4.78, 5) is 31.3. The smallest absolute Gasteiger partial charge is 0.247 e. The van der Waals surface area contributed by atoms with Gasteiger partial charge in [0.05, 0.1) is 19.0 Å². The zero-order valence-corrected chi connectivity index (χ0v) is 17.7. The maximum atomic E-state index is 12.9. The number of hydrogen-bond donors (Lipinski definition) is 0. The Balaban J connectivity index is 1.28. The number of amides is 2. The lowest BCUT2D eigenvalue weighted by Crippen LogP contribution is -2.52. The summed E-state index contributed by atoms with van der Waals surface area (Å²) in [7, 11) is 0. The molecule has 2 aliphatic rings. The number of carbonyl (C=O) groups is 2. The summed E-state index contributed by atoms with van der Waals surface area (Å²) in [6.45, 7) is 4.61. The van der Waals surface area contributed by atoms with Crippen molar-refractivity contribution in [2.45, 2.75) is 19.0 Å². The van der Waals surface area contributed by atoms with Gasteiger partial charge < -0.3 is 0 Å². The number of imide groups is 1. The van der Waals surface area contributed by atoms with E-state index in [1.807, 2.05) is 30.3 Å². The molecule has 2 heterocycles. The summed E-state index contributed by atoms with van der Waals surface area (Å²) >= 11 is 5.92. The molecule has 0 unspecified atom stereocenters. The van der Waals surface area contributed by atoms with Crippen LogP contribution in [0, 0.1) is 0 Å². The molecule has 0 bridgehead atoms. The van der Waals surface area contributed by atoms with Gasteiger partial charge in [-0.15, -0.1) is 0 Å². The Morgan fingerprint density at radius 2 is 1.63 bits per heavy atom. The first-order chi connectivity index (χ1) is 14.6. The summed E-state index contributed by atoms with van der Waals surface area (Å²) in [6, 6.07) is 17.2. The molecular formula is C24H26ClN3O2. The molecule has 2 aromatic rings. The molecule has 0 spiro atoms. The molecule has 0 aliphatic carbocycles. The maximum absolute atomic E-state index is 12.9. The Labute approximate surface area is 182 Å². The molecule has 0 aromatic heterocycles. The molecule has 1 atom stereocenters. The number of halogens is 1. The molecule has 156 valence electrons. The Morgan fingerprint density at radius 1 is 0.933 bits per heavy atom. The van der Waals surface area contributed by atoms with Crippen LogP contribution in [0.15, 0.2) is 60.7 Å². The molecule has 30 heavy (non-hydrogen) atoms. The number of rotatable bonds is 6. The molecule has 2 fully saturated rings. The summed E-state index contributed by atoms with van der Waals surface area (Å²) in [5.74, 6) is -0.166. The molecule has 0 N–H and O–H groups in total. The van der Waals surface area contributed by atoms with E-state index in [0.717, 1.165) is 38.3 Å². The van der Waals surface area contributed by atoms with Crippen molar-refractivity contribution in [3.8, 4) is 0 Å². The van der Waals surface area contributed by atoms with E-state index < -0.39 is 0 Å². The number of benzene rings is 2. The van der Waals surface area contributed by atoms with Crippen molar-refractivity contribution < 1.29 is 9.59 Å². The fraction of sp³-hybridized carbons (Fsp3) is 0.333. The molecule has 2 aliphatic heterocycles. The Morgan fingerprint density at radius 3 is 2.33 bits per heavy atom. The molecular weight excluding hydrogens is 398 g/mol. The van der Waals surface area contributed by atoms with Gasteiger partial charge in [0.2, 0.25) is 11.8 Å². The predicted octanol–water partition coefficient (Wildman–Crippen LogP) is 3.30. The topological polar surface area (TPSA) is 43.9 Å². The minimum atomic E-state index is -0.327. The van der Waals surface area contributed by atoms with Gasteiger partial charge in [0.1, 0.15) is 0 Å². The highest BCUT2D eigenvalue weighted by molar-refractivity contribution is 6.30. The molecule has 2 amide bonds. The molecule has 4 rings (SSSR count). The number of carbonyl (C=O) groups excluding carboxylic acids is 2. The van der Waals surface area contributed by atoms with Crippen LogP contribution in [0.5, 0.6) is 0 Å². The van der Waals surface area contributed by atoms with E-state index in [9.17, 15) is 9.59 Å². The van der Waals surface area contributed by atoms with Crippen LogP contribution in [0.2, 0.25) is 5.02 Å². The highest BCUT2D eigenvalue weighted by Gasteiger charge is 2.42. The van der Waals surface area contributed by atoms with Crippen molar-refractivity contribution in [2.24, 2.45) is 0 Å². The SMILES string of the molecule is O=C1C[C@@H](N2CCN(C/C=C/c3ccccc3)CC2)C(=O)N1Cc1ccc(Cl)cc1. The van der Waals surface area contributed by atoms with Crippen LogP contribution in [0.1, 0.15) is 17.5 Å². The second-order valence-corrected chi connectivity index (χ2v) is 8.25. The van der Waals surface area contributed by atoms with Gasteiger partial charge in [0.15, 0.2) is 0 Å². The van der Waals surface area contributed by atoms with Crippen molar-refractivity contribution in [2.75, 3.05) is 32.7 Å². The Kier molecular flexibility index (Phi) is 6.62. The highest BCUT2D eigenvalue weighted by Crippen LogP contribution is 2.23. The van der Waals surface area contributed by atoms with E-state index in [4.69, 9.17) is 11.6 Å².